The van der Waals surface area contributed by atoms with E-state index in [1.807, 2.05) is 0 Å². The summed E-state index contributed by atoms with van der Waals surface area (Å²) in [6.45, 7) is -0.795. The summed E-state index contributed by atoms with van der Waals surface area (Å²) in [4.78, 5) is 10.0. The van der Waals surface area contributed by atoms with E-state index in [-0.39, 0.29) is 19.3 Å². The van der Waals surface area contributed by atoms with Gasteiger partial charge in [-0.1, -0.05) is 0 Å². The molecule has 0 aromatic rings. The molecule has 0 aliphatic heterocycles. The van der Waals surface area contributed by atoms with Crippen LogP contribution >= 0.6 is 0 Å². The lowest BCUT2D eigenvalue weighted by atomic mass is 10.2. The van der Waals surface area contributed by atoms with Crippen LogP contribution in [0.25, 0.3) is 0 Å². The van der Waals surface area contributed by atoms with E-state index in [9.17, 15) is 31.1 Å². The fraction of sp³-hybridized carbons (Fsp3) is 0.875. The van der Waals surface area contributed by atoms with E-state index in [4.69, 9.17) is 5.11 Å². The summed E-state index contributed by atoms with van der Waals surface area (Å²) >= 11 is 0. The minimum Gasteiger partial charge on any atom is -0.481 e. The Kier molecular flexibility index (Phi) is 5.73. The number of ether oxygens (including phenoxy) is 1. The van der Waals surface area contributed by atoms with Crippen LogP contribution in [0.15, 0.2) is 0 Å². The molecule has 0 saturated heterocycles. The van der Waals surface area contributed by atoms with Crippen LogP contribution in [-0.2, 0) is 9.53 Å². The van der Waals surface area contributed by atoms with Crippen LogP contribution in [0, 0.1) is 0 Å². The molecule has 0 spiro atoms. The monoisotopic (exact) mass is 268 g/mol. The molecule has 0 unspecified atom stereocenters. The third-order valence-electron chi connectivity index (χ3n) is 1.66. The van der Waals surface area contributed by atoms with Crippen LogP contribution in [-0.4, -0.2) is 36.1 Å². The summed E-state index contributed by atoms with van der Waals surface area (Å²) in [5, 5.41) is 8.18. The van der Waals surface area contributed by atoms with Crippen LogP contribution in [0.2, 0.25) is 0 Å². The summed E-state index contributed by atoms with van der Waals surface area (Å²) in [7, 11) is 0. The zero-order chi connectivity index (χ0) is 13.7. The van der Waals surface area contributed by atoms with Gasteiger partial charge in [-0.2, -0.15) is 26.3 Å². The van der Waals surface area contributed by atoms with E-state index >= 15 is 0 Å². The number of carboxylic acids is 1. The third-order valence-corrected chi connectivity index (χ3v) is 1.66. The average molecular weight is 268 g/mol. The molecule has 0 atom stereocenters. The second kappa shape index (κ2) is 6.08. The maximum absolute atomic E-state index is 11.9. The van der Waals surface area contributed by atoms with E-state index in [1.165, 1.54) is 0 Å². The van der Waals surface area contributed by atoms with E-state index in [2.05, 4.69) is 4.74 Å². The first-order valence-corrected chi connectivity index (χ1v) is 4.52. The Hall–Kier alpha value is -0.990. The van der Waals surface area contributed by atoms with E-state index in [1.54, 1.807) is 0 Å². The zero-order valence-electron chi connectivity index (χ0n) is 8.44. The van der Waals surface area contributed by atoms with Crippen LogP contribution in [0.1, 0.15) is 19.3 Å². The number of rotatable bonds is 6. The van der Waals surface area contributed by atoms with Crippen molar-refractivity contribution in [1.29, 1.82) is 0 Å². The number of hydrogen-bond donors (Lipinski definition) is 1. The second-order valence-corrected chi connectivity index (χ2v) is 3.18. The van der Waals surface area contributed by atoms with Crippen molar-refractivity contribution in [1.82, 2.24) is 0 Å². The molecule has 0 rings (SSSR count). The van der Waals surface area contributed by atoms with E-state index in [0.717, 1.165) is 0 Å². The molecular weight excluding hydrogens is 258 g/mol. The largest absolute Gasteiger partial charge is 0.481 e. The van der Waals surface area contributed by atoms with Crippen molar-refractivity contribution in [2.75, 3.05) is 6.61 Å². The standard InChI is InChI=1S/C8H10F6O3/c9-7(10,11)6(8(12,13)14)17-4-2-1-3-5(15)16/h6H,1-4H2,(H,15,16). The molecule has 0 aliphatic carbocycles. The number of hydrogen-bond acceptors (Lipinski definition) is 2. The van der Waals surface area contributed by atoms with Gasteiger partial charge in [0.15, 0.2) is 0 Å². The zero-order valence-corrected chi connectivity index (χ0v) is 8.44. The third kappa shape index (κ3) is 7.03. The number of carbonyl (C=O) groups is 1. The SMILES string of the molecule is O=C(O)CCCCOC(C(F)(F)F)C(F)(F)F. The van der Waals surface area contributed by atoms with Gasteiger partial charge in [-0.25, -0.2) is 0 Å². The molecule has 3 nitrogen and oxygen atoms in total. The molecule has 102 valence electrons. The van der Waals surface area contributed by atoms with Gasteiger partial charge in [-0.15, -0.1) is 0 Å². The predicted molar refractivity (Wildman–Crippen MR) is 43.3 cm³/mol. The van der Waals surface area contributed by atoms with Crippen molar-refractivity contribution < 1.29 is 41.0 Å². The summed E-state index contributed by atoms with van der Waals surface area (Å²) in [6, 6.07) is 0. The van der Waals surface area contributed by atoms with Gasteiger partial charge in [0, 0.05) is 13.0 Å². The Morgan fingerprint density at radius 2 is 1.53 bits per heavy atom. The van der Waals surface area contributed by atoms with Gasteiger partial charge in [-0.3, -0.25) is 4.79 Å². The second-order valence-electron chi connectivity index (χ2n) is 3.18. The minimum absolute atomic E-state index is 0.0439. The van der Waals surface area contributed by atoms with Crippen molar-refractivity contribution in [3.63, 3.8) is 0 Å². The number of halogens is 6. The number of carboxylic acid groups (broad SMARTS) is 1. The molecule has 1 N–H and O–H groups in total. The molecular formula is C8H10F6O3. The van der Waals surface area contributed by atoms with Crippen molar-refractivity contribution >= 4 is 5.97 Å². The van der Waals surface area contributed by atoms with Crippen LogP contribution in [0.3, 0.4) is 0 Å². The van der Waals surface area contributed by atoms with E-state index in [0.29, 0.717) is 0 Å². The number of aliphatic carboxylic acids is 1. The first-order chi connectivity index (χ1) is 7.55. The van der Waals surface area contributed by atoms with Crippen molar-refractivity contribution in [2.45, 2.75) is 37.7 Å². The molecule has 0 saturated carbocycles. The molecule has 0 aromatic carbocycles. The summed E-state index contributed by atoms with van der Waals surface area (Å²) in [5.41, 5.74) is 0. The quantitative estimate of drug-likeness (QED) is 0.595. The Balaban J connectivity index is 4.08. The average Bonchev–Trinajstić information content (AvgIpc) is 2.05. The highest BCUT2D eigenvalue weighted by Crippen LogP contribution is 2.35. The predicted octanol–water partition coefficient (Wildman–Crippen LogP) is 2.75. The lowest BCUT2D eigenvalue weighted by molar-refractivity contribution is -0.321. The summed E-state index contributed by atoms with van der Waals surface area (Å²) < 4.78 is 75.2. The van der Waals surface area contributed by atoms with Gasteiger partial charge in [0.2, 0.25) is 6.10 Å². The fourth-order valence-corrected chi connectivity index (χ4v) is 0.954. The lowest BCUT2D eigenvalue weighted by Crippen LogP contribution is -2.44. The highest BCUT2D eigenvalue weighted by atomic mass is 19.4. The number of unbranched alkanes of at least 4 members (excludes halogenated alkanes) is 1. The molecule has 0 bridgehead atoms. The molecule has 0 amide bonds. The van der Waals surface area contributed by atoms with Gasteiger partial charge in [0.25, 0.3) is 0 Å². The van der Waals surface area contributed by atoms with Crippen molar-refractivity contribution in [3.05, 3.63) is 0 Å². The summed E-state index contributed by atoms with van der Waals surface area (Å²) in [6.07, 6.45) is -15.4. The highest BCUT2D eigenvalue weighted by Gasteiger charge is 2.57. The normalized spacial score (nSPS) is 13.1. The van der Waals surface area contributed by atoms with Gasteiger partial charge >= 0.3 is 18.3 Å². The molecule has 0 radical (unpaired) electrons. The Bertz CT molecular complexity index is 233. The minimum atomic E-state index is -5.52. The topological polar surface area (TPSA) is 46.5 Å². The molecule has 9 heteroatoms. The number of alkyl halides is 6. The Morgan fingerprint density at radius 1 is 1.06 bits per heavy atom. The first-order valence-electron chi connectivity index (χ1n) is 4.52. The molecule has 17 heavy (non-hydrogen) atoms. The van der Waals surface area contributed by atoms with Crippen molar-refractivity contribution in [3.8, 4) is 0 Å². The molecule has 0 fully saturated rings. The van der Waals surface area contributed by atoms with Gasteiger partial charge in [0.1, 0.15) is 0 Å². The molecule has 0 aliphatic rings. The van der Waals surface area contributed by atoms with Crippen molar-refractivity contribution in [2.24, 2.45) is 0 Å². The highest BCUT2D eigenvalue weighted by molar-refractivity contribution is 5.66. The van der Waals surface area contributed by atoms with Gasteiger partial charge in [0.05, 0.1) is 0 Å². The van der Waals surface area contributed by atoms with Crippen LogP contribution in [0.5, 0.6) is 0 Å². The van der Waals surface area contributed by atoms with E-state index < -0.39 is 31.0 Å². The fourth-order valence-electron chi connectivity index (χ4n) is 0.954. The first kappa shape index (κ1) is 16.0. The maximum Gasteiger partial charge on any atom is 0.423 e. The maximum atomic E-state index is 11.9. The van der Waals surface area contributed by atoms with Crippen LogP contribution < -0.4 is 0 Å². The Morgan fingerprint density at radius 3 is 1.88 bits per heavy atom. The molecule has 0 aromatic heterocycles. The van der Waals surface area contributed by atoms with Gasteiger partial charge in [-0.05, 0) is 12.8 Å². The smallest absolute Gasteiger partial charge is 0.423 e. The molecule has 0 heterocycles. The Labute approximate surface area is 92.4 Å². The lowest BCUT2D eigenvalue weighted by Gasteiger charge is -2.22. The van der Waals surface area contributed by atoms with Crippen LogP contribution in [0.4, 0.5) is 26.3 Å². The summed E-state index contributed by atoms with van der Waals surface area (Å²) in [5.74, 6) is -1.17. The van der Waals surface area contributed by atoms with Gasteiger partial charge < -0.3 is 9.84 Å².